The molecule has 4 rings (SSSR count). The summed E-state index contributed by atoms with van der Waals surface area (Å²) >= 11 is 0. The molecule has 3 N–H and O–H groups in total. The van der Waals surface area contributed by atoms with Crippen LogP contribution in [0.1, 0.15) is 79.1 Å². The van der Waals surface area contributed by atoms with Crippen molar-refractivity contribution < 1.29 is 23.8 Å². The summed E-state index contributed by atoms with van der Waals surface area (Å²) in [6.07, 6.45) is 11.2. The summed E-state index contributed by atoms with van der Waals surface area (Å²) in [6.45, 7) is 15.6. The summed E-state index contributed by atoms with van der Waals surface area (Å²) in [4.78, 5) is 42.0. The van der Waals surface area contributed by atoms with E-state index in [2.05, 4.69) is 44.4 Å². The molecule has 4 aromatic rings. The van der Waals surface area contributed by atoms with E-state index in [1.807, 2.05) is 103 Å². The molecular weight excluding hydrogens is 655 g/mol. The Morgan fingerprint density at radius 1 is 0.780 bits per heavy atom. The number of rotatable bonds is 12. The number of imidazole rings is 2. The van der Waals surface area contributed by atoms with Gasteiger partial charge in [-0.2, -0.15) is 0 Å². The second-order valence-electron chi connectivity index (χ2n) is 15.2. The first-order chi connectivity index (χ1) is 23.3. The zero-order chi connectivity index (χ0) is 36.9. The van der Waals surface area contributed by atoms with Crippen molar-refractivity contribution in [1.82, 2.24) is 35.1 Å². The maximum atomic E-state index is 12.5. The van der Waals surface area contributed by atoms with Gasteiger partial charge in [0, 0.05) is 23.1 Å². The van der Waals surface area contributed by atoms with Crippen molar-refractivity contribution in [2.45, 2.75) is 85.4 Å². The molecule has 0 radical (unpaired) electrons. The minimum atomic E-state index is -0.705. The van der Waals surface area contributed by atoms with E-state index in [1.165, 1.54) is 0 Å². The van der Waals surface area contributed by atoms with Crippen LogP contribution in [0, 0.1) is 0 Å². The Labute approximate surface area is 297 Å². The van der Waals surface area contributed by atoms with Crippen molar-refractivity contribution in [1.29, 1.82) is 0 Å². The lowest BCUT2D eigenvalue weighted by molar-refractivity contribution is 0.0490. The highest BCUT2D eigenvalue weighted by Crippen LogP contribution is 2.34. The van der Waals surface area contributed by atoms with Gasteiger partial charge in [-0.1, -0.05) is 24.3 Å². The Morgan fingerprint density at radius 2 is 1.36 bits per heavy atom. The first-order valence-electron chi connectivity index (χ1n) is 16.7. The molecular formula is C37H53N7O5S. The SMILES string of the molecule is C[C@H](NC(=O)OC(C)(C)C)c1ncc(-c2ccc(-c3ccc(-c4cnc([C@H](C)NC(=O)OC(C)(C)C)n4COCCS(C)(C)C)cn3)cc2)[nH]1. The number of nitrogens with one attached hydrogen (secondary N) is 3. The number of nitrogens with zero attached hydrogens (tertiary/aromatic N) is 4. The van der Waals surface area contributed by atoms with Gasteiger partial charge < -0.3 is 34.4 Å². The molecule has 1 aromatic carbocycles. The van der Waals surface area contributed by atoms with Gasteiger partial charge in [0.2, 0.25) is 0 Å². The molecule has 0 bridgehead atoms. The van der Waals surface area contributed by atoms with Gasteiger partial charge in [-0.3, -0.25) is 4.98 Å². The van der Waals surface area contributed by atoms with E-state index in [1.54, 1.807) is 12.4 Å². The fourth-order valence-electron chi connectivity index (χ4n) is 4.91. The van der Waals surface area contributed by atoms with E-state index in [-0.39, 0.29) is 12.8 Å². The van der Waals surface area contributed by atoms with Crippen LogP contribution in [0.15, 0.2) is 55.0 Å². The average molecular weight is 708 g/mol. The molecule has 0 aliphatic carbocycles. The summed E-state index contributed by atoms with van der Waals surface area (Å²) in [5.41, 5.74) is 4.07. The summed E-state index contributed by atoms with van der Waals surface area (Å²) in [6, 6.07) is 11.3. The number of hydrogen-bond donors (Lipinski definition) is 3. The lowest BCUT2D eigenvalue weighted by atomic mass is 10.1. The number of aromatic nitrogens is 5. The number of amides is 2. The molecule has 0 unspecified atom stereocenters. The summed E-state index contributed by atoms with van der Waals surface area (Å²) in [7, 11) is -0.705. The third kappa shape index (κ3) is 11.3. The first kappa shape index (κ1) is 38.4. The zero-order valence-electron chi connectivity index (χ0n) is 31.2. The lowest BCUT2D eigenvalue weighted by Gasteiger charge is -2.25. The number of hydrogen-bond acceptors (Lipinski definition) is 8. The van der Waals surface area contributed by atoms with E-state index in [9.17, 15) is 9.59 Å². The second-order valence-corrected chi connectivity index (χ2v) is 19.8. The largest absolute Gasteiger partial charge is 0.444 e. The number of carbonyl (C=O) groups excluding carboxylic acids is 2. The number of aromatic amines is 1. The molecule has 2 atom stereocenters. The van der Waals surface area contributed by atoms with Gasteiger partial charge in [0.1, 0.15) is 29.6 Å². The van der Waals surface area contributed by atoms with E-state index >= 15 is 0 Å². The monoisotopic (exact) mass is 707 g/mol. The van der Waals surface area contributed by atoms with Gasteiger partial charge in [0.05, 0.1) is 48.2 Å². The molecule has 0 saturated carbocycles. The zero-order valence-corrected chi connectivity index (χ0v) is 32.0. The molecule has 272 valence electrons. The van der Waals surface area contributed by atoms with Gasteiger partial charge in [0.25, 0.3) is 0 Å². The number of carbonyl (C=O) groups is 2. The van der Waals surface area contributed by atoms with Crippen molar-refractivity contribution in [2.24, 2.45) is 0 Å². The number of benzene rings is 1. The highest BCUT2D eigenvalue weighted by atomic mass is 32.3. The van der Waals surface area contributed by atoms with Crippen molar-refractivity contribution in [2.75, 3.05) is 31.1 Å². The molecule has 0 fully saturated rings. The summed E-state index contributed by atoms with van der Waals surface area (Å²) in [5, 5.41) is 5.71. The Balaban J connectivity index is 1.49. The van der Waals surface area contributed by atoms with E-state index in [0.717, 1.165) is 39.5 Å². The van der Waals surface area contributed by atoms with Crippen LogP contribution in [-0.2, 0) is 20.9 Å². The molecule has 3 aromatic heterocycles. The van der Waals surface area contributed by atoms with Crippen LogP contribution in [-0.4, -0.2) is 79.0 Å². The number of pyridine rings is 1. The molecule has 0 spiro atoms. The van der Waals surface area contributed by atoms with Gasteiger partial charge in [-0.05, 0) is 91.9 Å². The third-order valence-corrected chi connectivity index (χ3v) is 8.75. The van der Waals surface area contributed by atoms with Crippen LogP contribution in [0.3, 0.4) is 0 Å². The van der Waals surface area contributed by atoms with Crippen LogP contribution in [0.4, 0.5) is 9.59 Å². The second kappa shape index (κ2) is 15.7. The van der Waals surface area contributed by atoms with Gasteiger partial charge in [0.15, 0.2) is 0 Å². The lowest BCUT2D eigenvalue weighted by Crippen LogP contribution is -2.35. The standard InChI is InChI=1S/C37H53N7O5S/c1-24(41-34(45)48-36(3,4)5)32-39-21-30(43-32)27-14-12-26(13-15-27)29-17-16-28(20-38-29)31-22-40-33(25(2)42-35(46)49-37(6,7)8)44(31)23-47-18-19-50(9,10)11/h12-17,20-22,24-25H,18-19,23H2,1-11H3,(H,39,43)(H,41,45)(H,42,46)/t24-,25-/m0/s1. The predicted octanol–water partition coefficient (Wildman–Crippen LogP) is 7.84. The Bertz CT molecular complexity index is 1730. The topological polar surface area (TPSA) is 145 Å². The third-order valence-electron chi connectivity index (χ3n) is 7.36. The molecule has 12 nitrogen and oxygen atoms in total. The molecule has 50 heavy (non-hydrogen) atoms. The minimum absolute atomic E-state index is 0.287. The Kier molecular flexibility index (Phi) is 12.1. The highest BCUT2D eigenvalue weighted by molar-refractivity contribution is 8.32. The van der Waals surface area contributed by atoms with Crippen molar-refractivity contribution in [3.63, 3.8) is 0 Å². The van der Waals surface area contributed by atoms with Crippen LogP contribution >= 0.6 is 10.0 Å². The van der Waals surface area contributed by atoms with Crippen molar-refractivity contribution in [3.8, 4) is 33.8 Å². The van der Waals surface area contributed by atoms with Crippen LogP contribution < -0.4 is 10.6 Å². The number of alkyl carbamates (subject to hydrolysis) is 2. The Hall–Kier alpha value is -4.36. The summed E-state index contributed by atoms with van der Waals surface area (Å²) in [5.74, 6) is 2.27. The first-order valence-corrected chi connectivity index (χ1v) is 19.7. The maximum absolute atomic E-state index is 12.5. The van der Waals surface area contributed by atoms with Crippen LogP contribution in [0.5, 0.6) is 0 Å². The molecule has 13 heteroatoms. The smallest absolute Gasteiger partial charge is 0.408 e. The van der Waals surface area contributed by atoms with E-state index in [4.69, 9.17) is 19.2 Å². The van der Waals surface area contributed by atoms with Gasteiger partial charge in [-0.25, -0.2) is 29.6 Å². The predicted molar refractivity (Wildman–Crippen MR) is 200 cm³/mol. The molecule has 0 aliphatic heterocycles. The highest BCUT2D eigenvalue weighted by Gasteiger charge is 2.23. The quantitative estimate of drug-likeness (QED) is 0.126. The average Bonchev–Trinajstić information content (AvgIpc) is 3.65. The van der Waals surface area contributed by atoms with Crippen molar-refractivity contribution >= 4 is 22.2 Å². The fraction of sp³-hybridized carbons (Fsp3) is 0.486. The normalized spacial score (nSPS) is 13.7. The Morgan fingerprint density at radius 3 is 1.92 bits per heavy atom. The fourth-order valence-corrected chi connectivity index (χ4v) is 5.53. The van der Waals surface area contributed by atoms with Crippen LogP contribution in [0.25, 0.3) is 33.8 Å². The van der Waals surface area contributed by atoms with E-state index in [0.29, 0.717) is 18.3 Å². The molecule has 0 saturated heterocycles. The number of ether oxygens (including phenoxy) is 3. The maximum Gasteiger partial charge on any atom is 0.408 e. The molecule has 3 heterocycles. The van der Waals surface area contributed by atoms with Gasteiger partial charge >= 0.3 is 12.2 Å². The minimum Gasteiger partial charge on any atom is -0.444 e. The van der Waals surface area contributed by atoms with E-state index < -0.39 is 39.5 Å². The van der Waals surface area contributed by atoms with Crippen LogP contribution in [0.2, 0.25) is 0 Å². The summed E-state index contributed by atoms with van der Waals surface area (Å²) < 4.78 is 18.9. The molecule has 0 aliphatic rings. The number of H-pyrrole nitrogens is 1. The van der Waals surface area contributed by atoms with Gasteiger partial charge in [-0.15, -0.1) is 0 Å². The molecule has 2 amide bonds. The van der Waals surface area contributed by atoms with Crippen molar-refractivity contribution in [3.05, 3.63) is 66.6 Å².